The summed E-state index contributed by atoms with van der Waals surface area (Å²) in [7, 11) is 0. The summed E-state index contributed by atoms with van der Waals surface area (Å²) >= 11 is 1.60. The molecule has 2 aliphatic rings. The van der Waals surface area contributed by atoms with Gasteiger partial charge in [0.05, 0.1) is 18.6 Å². The van der Waals surface area contributed by atoms with Crippen molar-refractivity contribution in [2.24, 2.45) is 11.3 Å². The van der Waals surface area contributed by atoms with Crippen molar-refractivity contribution >= 4 is 23.5 Å². The molecule has 0 unspecified atom stereocenters. The van der Waals surface area contributed by atoms with E-state index in [4.69, 9.17) is 9.84 Å². The first-order valence-electron chi connectivity index (χ1n) is 9.76. The summed E-state index contributed by atoms with van der Waals surface area (Å²) in [6, 6.07) is 7.77. The number of aromatic nitrogens is 3. The van der Waals surface area contributed by atoms with Crippen molar-refractivity contribution in [1.82, 2.24) is 14.8 Å². The van der Waals surface area contributed by atoms with Crippen LogP contribution in [-0.4, -0.2) is 32.9 Å². The molecule has 2 aromatic rings. The topological polar surface area (TPSA) is 69.0 Å². The molecule has 0 saturated carbocycles. The highest BCUT2D eigenvalue weighted by Gasteiger charge is 2.45. The van der Waals surface area contributed by atoms with Gasteiger partial charge in [-0.25, -0.2) is 4.68 Å². The van der Waals surface area contributed by atoms with Crippen LogP contribution in [0.3, 0.4) is 0 Å². The standard InChI is InChI=1S/C21H26N4O2S/c1-5-27-14-9-7-13(8-10-14)18-17-15(11-21(3,4)12-16(17)26)22-19-23-20(28-6-2)24-25(18)19/h7-11,17-18H,5-6,12H2,1-4H3,(H,22,23,24)/t17-,18-/m0/s1. The highest BCUT2D eigenvalue weighted by molar-refractivity contribution is 7.99. The van der Waals surface area contributed by atoms with Crippen molar-refractivity contribution in [2.45, 2.75) is 45.3 Å². The molecular weight excluding hydrogens is 372 g/mol. The summed E-state index contributed by atoms with van der Waals surface area (Å²) in [5.41, 5.74) is 1.81. The lowest BCUT2D eigenvalue weighted by Gasteiger charge is -2.40. The van der Waals surface area contributed by atoms with Crippen LogP contribution in [0.15, 0.2) is 41.2 Å². The molecule has 0 amide bonds. The number of thioether (sulfide) groups is 1. The monoisotopic (exact) mass is 398 g/mol. The number of ether oxygens (including phenoxy) is 1. The Morgan fingerprint density at radius 3 is 2.71 bits per heavy atom. The molecule has 148 valence electrons. The van der Waals surface area contributed by atoms with Crippen molar-refractivity contribution in [3.8, 4) is 5.75 Å². The van der Waals surface area contributed by atoms with Gasteiger partial charge in [-0.3, -0.25) is 4.79 Å². The van der Waals surface area contributed by atoms with Gasteiger partial charge in [0.15, 0.2) is 0 Å². The van der Waals surface area contributed by atoms with Crippen LogP contribution in [0.5, 0.6) is 5.75 Å². The molecular formula is C21H26N4O2S. The normalized spacial score (nSPS) is 22.7. The average Bonchev–Trinajstić information content (AvgIpc) is 3.02. The third-order valence-corrected chi connectivity index (χ3v) is 5.83. The first kappa shape index (κ1) is 19.1. The second kappa shape index (κ2) is 7.28. The van der Waals surface area contributed by atoms with Gasteiger partial charge in [0.2, 0.25) is 11.1 Å². The van der Waals surface area contributed by atoms with Crippen LogP contribution < -0.4 is 10.1 Å². The number of allylic oxidation sites excluding steroid dienone is 2. The Kier molecular flexibility index (Phi) is 4.95. The van der Waals surface area contributed by atoms with E-state index in [0.29, 0.717) is 19.0 Å². The summed E-state index contributed by atoms with van der Waals surface area (Å²) in [4.78, 5) is 17.8. The van der Waals surface area contributed by atoms with E-state index >= 15 is 0 Å². The zero-order valence-electron chi connectivity index (χ0n) is 16.7. The first-order valence-corrected chi connectivity index (χ1v) is 10.7. The second-order valence-electron chi connectivity index (χ2n) is 7.88. The molecule has 0 radical (unpaired) electrons. The van der Waals surface area contributed by atoms with E-state index in [0.717, 1.165) is 27.9 Å². The molecule has 2 atom stereocenters. The van der Waals surface area contributed by atoms with Gasteiger partial charge in [-0.1, -0.05) is 50.7 Å². The fraction of sp³-hybridized carbons (Fsp3) is 0.476. The molecule has 28 heavy (non-hydrogen) atoms. The molecule has 2 heterocycles. The molecule has 1 aromatic carbocycles. The Balaban J connectivity index is 1.82. The summed E-state index contributed by atoms with van der Waals surface area (Å²) < 4.78 is 7.46. The average molecular weight is 399 g/mol. The van der Waals surface area contributed by atoms with E-state index in [-0.39, 0.29) is 23.2 Å². The van der Waals surface area contributed by atoms with E-state index in [1.54, 1.807) is 11.8 Å². The van der Waals surface area contributed by atoms with Gasteiger partial charge < -0.3 is 10.1 Å². The minimum atomic E-state index is -0.278. The summed E-state index contributed by atoms with van der Waals surface area (Å²) in [5.74, 6) is 2.38. The third kappa shape index (κ3) is 3.43. The molecule has 7 heteroatoms. The van der Waals surface area contributed by atoms with Gasteiger partial charge in [-0.05, 0) is 35.8 Å². The van der Waals surface area contributed by atoms with E-state index in [9.17, 15) is 4.79 Å². The second-order valence-corrected chi connectivity index (χ2v) is 9.11. The molecule has 6 nitrogen and oxygen atoms in total. The Labute approximate surface area is 169 Å². The van der Waals surface area contributed by atoms with E-state index in [2.05, 4.69) is 37.1 Å². The van der Waals surface area contributed by atoms with Gasteiger partial charge in [-0.15, -0.1) is 5.10 Å². The van der Waals surface area contributed by atoms with Gasteiger partial charge in [0.1, 0.15) is 11.5 Å². The molecule has 1 aromatic heterocycles. The third-order valence-electron chi connectivity index (χ3n) is 5.11. The van der Waals surface area contributed by atoms with Crippen molar-refractivity contribution in [2.75, 3.05) is 17.7 Å². The minimum Gasteiger partial charge on any atom is -0.494 e. The van der Waals surface area contributed by atoms with Crippen LogP contribution >= 0.6 is 11.8 Å². The molecule has 1 aliphatic heterocycles. The van der Waals surface area contributed by atoms with Crippen molar-refractivity contribution in [1.29, 1.82) is 0 Å². The summed E-state index contributed by atoms with van der Waals surface area (Å²) in [6.07, 6.45) is 2.71. The molecule has 1 aliphatic carbocycles. The van der Waals surface area contributed by atoms with Crippen molar-refractivity contribution in [3.05, 3.63) is 41.6 Å². The maximum Gasteiger partial charge on any atom is 0.227 e. The molecule has 0 fully saturated rings. The highest BCUT2D eigenvalue weighted by atomic mass is 32.2. The van der Waals surface area contributed by atoms with Crippen molar-refractivity contribution < 1.29 is 9.53 Å². The maximum atomic E-state index is 13.2. The Morgan fingerprint density at radius 1 is 1.29 bits per heavy atom. The predicted molar refractivity (Wildman–Crippen MR) is 111 cm³/mol. The summed E-state index contributed by atoms with van der Waals surface area (Å²) in [6.45, 7) is 8.87. The number of nitrogens with zero attached hydrogens (tertiary/aromatic N) is 3. The molecule has 4 rings (SSSR count). The number of anilines is 1. The van der Waals surface area contributed by atoms with E-state index in [1.807, 2.05) is 35.9 Å². The lowest BCUT2D eigenvalue weighted by molar-refractivity contribution is -0.125. The molecule has 0 saturated heterocycles. The van der Waals surface area contributed by atoms with Crippen LogP contribution in [0.1, 0.15) is 45.7 Å². The maximum absolute atomic E-state index is 13.2. The zero-order chi connectivity index (χ0) is 19.9. The van der Waals surface area contributed by atoms with Gasteiger partial charge in [-0.2, -0.15) is 4.98 Å². The van der Waals surface area contributed by atoms with E-state index in [1.165, 1.54) is 0 Å². The molecule has 0 spiro atoms. The lowest BCUT2D eigenvalue weighted by atomic mass is 9.72. The number of Topliss-reactive ketones (excluding diaryl/α,β-unsaturated/α-hetero) is 1. The fourth-order valence-electron chi connectivity index (χ4n) is 4.06. The number of carbonyl (C=O) groups excluding carboxylic acids is 1. The SMILES string of the molecule is CCOc1ccc([C@H]2[C@@H]3C(=O)CC(C)(C)C=C3Nc3nc(SCC)nn32)cc1. The number of fused-ring (bicyclic) bond motifs is 2. The van der Waals surface area contributed by atoms with Gasteiger partial charge >= 0.3 is 0 Å². The van der Waals surface area contributed by atoms with Crippen LogP contribution in [0.25, 0.3) is 0 Å². The van der Waals surface area contributed by atoms with Crippen LogP contribution in [-0.2, 0) is 4.79 Å². The van der Waals surface area contributed by atoms with E-state index < -0.39 is 0 Å². The molecule has 1 N–H and O–H groups in total. The van der Waals surface area contributed by atoms with Crippen molar-refractivity contribution in [3.63, 3.8) is 0 Å². The quantitative estimate of drug-likeness (QED) is 0.757. The molecule has 0 bridgehead atoms. The predicted octanol–water partition coefficient (Wildman–Crippen LogP) is 4.30. The lowest BCUT2D eigenvalue weighted by Crippen LogP contribution is -2.42. The van der Waals surface area contributed by atoms with Crippen LogP contribution in [0.4, 0.5) is 5.95 Å². The number of hydrogen-bond acceptors (Lipinski definition) is 6. The number of nitrogens with one attached hydrogen (secondary N) is 1. The number of benzene rings is 1. The minimum absolute atomic E-state index is 0.164. The Bertz CT molecular complexity index is 917. The largest absolute Gasteiger partial charge is 0.494 e. The number of hydrogen-bond donors (Lipinski definition) is 1. The van der Waals surface area contributed by atoms with Crippen LogP contribution in [0.2, 0.25) is 0 Å². The zero-order valence-corrected chi connectivity index (χ0v) is 17.5. The Hall–Kier alpha value is -2.28. The van der Waals surface area contributed by atoms with Gasteiger partial charge in [0.25, 0.3) is 0 Å². The smallest absolute Gasteiger partial charge is 0.227 e. The fourth-order valence-corrected chi connectivity index (χ4v) is 4.61. The highest BCUT2D eigenvalue weighted by Crippen LogP contribution is 2.45. The number of ketones is 1. The Morgan fingerprint density at radius 2 is 2.04 bits per heavy atom. The first-order chi connectivity index (χ1) is 13.4. The summed E-state index contributed by atoms with van der Waals surface area (Å²) in [5, 5.41) is 8.83. The van der Waals surface area contributed by atoms with Gasteiger partial charge in [0, 0.05) is 12.1 Å². The number of carbonyl (C=O) groups is 1. The number of rotatable bonds is 5. The van der Waals surface area contributed by atoms with Crippen LogP contribution in [0, 0.1) is 11.3 Å².